The molecule has 1 unspecified atom stereocenters. The number of hydrogen-bond donors (Lipinski definition) is 0. The van der Waals surface area contributed by atoms with Gasteiger partial charge >= 0.3 is 17.9 Å². The first kappa shape index (κ1) is 68.8. The van der Waals surface area contributed by atoms with E-state index in [1.807, 2.05) is 0 Å². The third-order valence-corrected chi connectivity index (χ3v) is 13.4. The van der Waals surface area contributed by atoms with E-state index in [-0.39, 0.29) is 37.5 Å². The number of carbonyl (C=O) groups is 3. The summed E-state index contributed by atoms with van der Waals surface area (Å²) in [6.45, 7) is 6.58. The molecule has 0 aromatic carbocycles. The Morgan fingerprint density at radius 1 is 0.292 bits per heavy atom. The second kappa shape index (κ2) is 60.4. The number of hydrogen-bond acceptors (Lipinski definition) is 6. The molecule has 0 amide bonds. The zero-order chi connectivity index (χ0) is 52.2. The summed E-state index contributed by atoms with van der Waals surface area (Å²) < 4.78 is 16.9. The molecule has 0 aromatic heterocycles. The molecular formula is C66H116O6. The molecule has 6 heteroatoms. The number of rotatable bonds is 56. The molecule has 0 N–H and O–H groups in total. The van der Waals surface area contributed by atoms with E-state index in [1.54, 1.807) is 0 Å². The van der Waals surface area contributed by atoms with Crippen LogP contribution in [0.25, 0.3) is 0 Å². The van der Waals surface area contributed by atoms with Gasteiger partial charge in [0, 0.05) is 19.3 Å². The SMILES string of the molecule is CCCCC/C=C\C=C/CCCCCCCCCCCCC(=O)OCC(COC(=O)CCC/C=C\C/C=C\C/C=C\CCCCCCCC)OC(=O)CCCCCCC/C=C\CCCCCCCCCCC. The first-order chi connectivity index (χ1) is 35.5. The summed E-state index contributed by atoms with van der Waals surface area (Å²) in [5.74, 6) is -0.949. The van der Waals surface area contributed by atoms with E-state index < -0.39 is 6.10 Å². The van der Waals surface area contributed by atoms with E-state index >= 15 is 0 Å². The standard InChI is InChI=1S/C66H116O6/c1-4-7-10-13-16-19-22-25-28-31-33-36-38-41-44-47-50-53-56-59-65(68)71-62-63(61-70-64(67)58-55-52-49-46-43-40-37-34-30-27-24-21-18-15-12-9-6-3)72-66(69)60-57-54-51-48-45-42-39-35-32-29-26-23-20-17-14-11-8-5-2/h16,19,22,25,27,30,35,37,39-40,46,49,63H,4-15,17-18,20-21,23-24,26,28-29,31-34,36,38,41-45,47-48,50-62H2,1-3H3/b19-16-,25-22-,30-27-,39-35-,40-37-,49-46-. The summed E-state index contributed by atoms with van der Waals surface area (Å²) in [5.41, 5.74) is 0. The van der Waals surface area contributed by atoms with E-state index in [9.17, 15) is 14.4 Å². The number of allylic oxidation sites excluding steroid dienone is 12. The van der Waals surface area contributed by atoms with Gasteiger partial charge in [0.05, 0.1) is 0 Å². The molecule has 0 fully saturated rings. The van der Waals surface area contributed by atoms with Gasteiger partial charge in [-0.25, -0.2) is 0 Å². The van der Waals surface area contributed by atoms with Gasteiger partial charge in [-0.3, -0.25) is 14.4 Å². The highest BCUT2D eigenvalue weighted by Crippen LogP contribution is 2.15. The molecular weight excluding hydrogens is 889 g/mol. The first-order valence-electron chi connectivity index (χ1n) is 31.0. The van der Waals surface area contributed by atoms with Crippen molar-refractivity contribution in [3.05, 3.63) is 72.9 Å². The second-order valence-electron chi connectivity index (χ2n) is 20.6. The summed E-state index contributed by atoms with van der Waals surface area (Å²) in [5, 5.41) is 0. The molecule has 0 saturated heterocycles. The maximum atomic E-state index is 12.9. The highest BCUT2D eigenvalue weighted by atomic mass is 16.6. The summed E-state index contributed by atoms with van der Waals surface area (Å²) >= 11 is 0. The van der Waals surface area contributed by atoms with Crippen LogP contribution >= 0.6 is 0 Å². The lowest BCUT2D eigenvalue weighted by Crippen LogP contribution is -2.30. The minimum atomic E-state index is -0.802. The Hall–Kier alpha value is -3.15. The number of esters is 3. The van der Waals surface area contributed by atoms with Crippen molar-refractivity contribution >= 4 is 17.9 Å². The van der Waals surface area contributed by atoms with Crippen molar-refractivity contribution in [1.82, 2.24) is 0 Å². The van der Waals surface area contributed by atoms with Crippen molar-refractivity contribution < 1.29 is 28.6 Å². The predicted octanol–water partition coefficient (Wildman–Crippen LogP) is 20.9. The lowest BCUT2D eigenvalue weighted by molar-refractivity contribution is -0.167. The number of carbonyl (C=O) groups excluding carboxylic acids is 3. The van der Waals surface area contributed by atoms with Crippen LogP contribution in [0.15, 0.2) is 72.9 Å². The lowest BCUT2D eigenvalue weighted by atomic mass is 10.1. The van der Waals surface area contributed by atoms with Crippen LogP contribution in [0.1, 0.15) is 310 Å². The van der Waals surface area contributed by atoms with Gasteiger partial charge in [0.25, 0.3) is 0 Å². The van der Waals surface area contributed by atoms with Gasteiger partial charge in [-0.2, -0.15) is 0 Å². The fourth-order valence-corrected chi connectivity index (χ4v) is 8.74. The number of unbranched alkanes of at least 4 members (excludes halogenated alkanes) is 34. The molecule has 416 valence electrons. The minimum Gasteiger partial charge on any atom is -0.462 e. The van der Waals surface area contributed by atoms with Gasteiger partial charge in [-0.15, -0.1) is 0 Å². The van der Waals surface area contributed by atoms with Gasteiger partial charge in [0.15, 0.2) is 6.10 Å². The van der Waals surface area contributed by atoms with Crippen molar-refractivity contribution in [2.45, 2.75) is 316 Å². The molecule has 0 rings (SSSR count). The molecule has 6 nitrogen and oxygen atoms in total. The van der Waals surface area contributed by atoms with E-state index in [2.05, 4.69) is 93.7 Å². The van der Waals surface area contributed by atoms with Gasteiger partial charge in [-0.1, -0.05) is 261 Å². The highest BCUT2D eigenvalue weighted by Gasteiger charge is 2.19. The van der Waals surface area contributed by atoms with Crippen LogP contribution in [0.3, 0.4) is 0 Å². The zero-order valence-corrected chi connectivity index (χ0v) is 47.7. The molecule has 0 aliphatic carbocycles. The fourth-order valence-electron chi connectivity index (χ4n) is 8.74. The van der Waals surface area contributed by atoms with Gasteiger partial charge in [0.1, 0.15) is 13.2 Å². The topological polar surface area (TPSA) is 78.9 Å². The van der Waals surface area contributed by atoms with Crippen LogP contribution in [0, 0.1) is 0 Å². The number of ether oxygens (including phenoxy) is 3. The largest absolute Gasteiger partial charge is 0.462 e. The van der Waals surface area contributed by atoms with E-state index in [0.717, 1.165) is 70.6 Å². The van der Waals surface area contributed by atoms with Crippen LogP contribution in [-0.4, -0.2) is 37.2 Å². The molecule has 0 aromatic rings. The molecule has 0 aliphatic rings. The van der Waals surface area contributed by atoms with Crippen molar-refractivity contribution in [1.29, 1.82) is 0 Å². The van der Waals surface area contributed by atoms with E-state index in [0.29, 0.717) is 19.3 Å². The summed E-state index contributed by atoms with van der Waals surface area (Å²) in [4.78, 5) is 38.2. The van der Waals surface area contributed by atoms with Crippen LogP contribution in [-0.2, 0) is 28.6 Å². The van der Waals surface area contributed by atoms with Gasteiger partial charge in [-0.05, 0) is 103 Å². The molecule has 0 radical (unpaired) electrons. The Balaban J connectivity index is 4.45. The second-order valence-corrected chi connectivity index (χ2v) is 20.6. The summed E-state index contributed by atoms with van der Waals surface area (Å²) in [7, 11) is 0. The average molecular weight is 1010 g/mol. The smallest absolute Gasteiger partial charge is 0.306 e. The highest BCUT2D eigenvalue weighted by molar-refractivity contribution is 5.71. The zero-order valence-electron chi connectivity index (χ0n) is 47.7. The van der Waals surface area contributed by atoms with Crippen molar-refractivity contribution in [3.63, 3.8) is 0 Å². The fraction of sp³-hybridized carbons (Fsp3) is 0.773. The molecule has 0 heterocycles. The Labute approximate surface area is 446 Å². The molecule has 0 saturated carbocycles. The Bertz CT molecular complexity index is 1340. The Morgan fingerprint density at radius 2 is 0.556 bits per heavy atom. The van der Waals surface area contributed by atoms with Gasteiger partial charge < -0.3 is 14.2 Å². The third kappa shape index (κ3) is 57.7. The van der Waals surface area contributed by atoms with Gasteiger partial charge in [0.2, 0.25) is 0 Å². The van der Waals surface area contributed by atoms with Crippen LogP contribution < -0.4 is 0 Å². The normalized spacial score (nSPS) is 12.5. The van der Waals surface area contributed by atoms with Crippen molar-refractivity contribution in [2.24, 2.45) is 0 Å². The lowest BCUT2D eigenvalue weighted by Gasteiger charge is -2.18. The Morgan fingerprint density at radius 3 is 0.958 bits per heavy atom. The summed E-state index contributed by atoms with van der Waals surface area (Å²) in [6, 6.07) is 0. The van der Waals surface area contributed by atoms with Crippen LogP contribution in [0.2, 0.25) is 0 Å². The maximum Gasteiger partial charge on any atom is 0.306 e. The molecule has 0 bridgehead atoms. The average Bonchev–Trinajstić information content (AvgIpc) is 3.38. The van der Waals surface area contributed by atoms with Crippen LogP contribution in [0.4, 0.5) is 0 Å². The Kier molecular flexibility index (Phi) is 57.8. The van der Waals surface area contributed by atoms with Crippen LogP contribution in [0.5, 0.6) is 0 Å². The summed E-state index contributed by atoms with van der Waals surface area (Å²) in [6.07, 6.45) is 77.6. The minimum absolute atomic E-state index is 0.0951. The third-order valence-electron chi connectivity index (χ3n) is 13.4. The monoisotopic (exact) mass is 1000 g/mol. The molecule has 72 heavy (non-hydrogen) atoms. The molecule has 0 aliphatic heterocycles. The predicted molar refractivity (Wildman–Crippen MR) is 311 cm³/mol. The molecule has 1 atom stereocenters. The maximum absolute atomic E-state index is 12.9. The first-order valence-corrected chi connectivity index (χ1v) is 31.0. The van der Waals surface area contributed by atoms with E-state index in [4.69, 9.17) is 14.2 Å². The van der Waals surface area contributed by atoms with E-state index in [1.165, 1.54) is 193 Å². The molecule has 0 spiro atoms. The quantitative estimate of drug-likeness (QED) is 0.0199. The van der Waals surface area contributed by atoms with Crippen molar-refractivity contribution in [2.75, 3.05) is 13.2 Å². The van der Waals surface area contributed by atoms with Crippen molar-refractivity contribution in [3.8, 4) is 0 Å².